The van der Waals surface area contributed by atoms with E-state index in [1.165, 1.54) is 11.3 Å². The predicted molar refractivity (Wildman–Crippen MR) is 106 cm³/mol. The first-order valence-electron chi connectivity index (χ1n) is 8.72. The molecule has 1 aromatic carbocycles. The third kappa shape index (κ3) is 3.59. The molecule has 27 heavy (non-hydrogen) atoms. The fourth-order valence-electron chi connectivity index (χ4n) is 2.87. The van der Waals surface area contributed by atoms with Gasteiger partial charge >= 0.3 is 0 Å². The summed E-state index contributed by atoms with van der Waals surface area (Å²) in [5.41, 5.74) is 2.40. The molecule has 0 unspecified atom stereocenters. The van der Waals surface area contributed by atoms with Gasteiger partial charge < -0.3 is 4.57 Å². The van der Waals surface area contributed by atoms with Gasteiger partial charge in [-0.25, -0.2) is 9.67 Å². The van der Waals surface area contributed by atoms with Gasteiger partial charge in [-0.2, -0.15) is 10.1 Å². The Hall–Kier alpha value is -3.06. The molecule has 0 spiro atoms. The molecule has 6 nitrogen and oxygen atoms in total. The number of hydrogen-bond acceptors (Lipinski definition) is 4. The van der Waals surface area contributed by atoms with E-state index in [0.29, 0.717) is 16.9 Å². The van der Waals surface area contributed by atoms with Gasteiger partial charge in [0.25, 0.3) is 5.91 Å². The highest BCUT2D eigenvalue weighted by Crippen LogP contribution is 2.17. The zero-order valence-corrected chi connectivity index (χ0v) is 15.9. The van der Waals surface area contributed by atoms with Crippen LogP contribution in [-0.2, 0) is 6.54 Å². The van der Waals surface area contributed by atoms with Crippen LogP contribution in [0.25, 0.3) is 11.0 Å². The maximum absolute atomic E-state index is 12.7. The van der Waals surface area contributed by atoms with Crippen molar-refractivity contribution in [1.82, 2.24) is 19.3 Å². The van der Waals surface area contributed by atoms with Gasteiger partial charge in [0.05, 0.1) is 11.8 Å². The first kappa shape index (κ1) is 17.4. The lowest BCUT2D eigenvalue weighted by molar-refractivity contribution is 0.0997. The van der Waals surface area contributed by atoms with Crippen molar-refractivity contribution in [2.45, 2.75) is 26.4 Å². The largest absolute Gasteiger partial charge is 0.319 e. The van der Waals surface area contributed by atoms with Gasteiger partial charge in [-0.15, -0.1) is 11.3 Å². The van der Waals surface area contributed by atoms with Crippen molar-refractivity contribution in [2.24, 2.45) is 4.99 Å². The summed E-state index contributed by atoms with van der Waals surface area (Å²) in [6.07, 6.45) is 5.25. The second-order valence-electron chi connectivity index (χ2n) is 6.54. The number of fused-ring (bicyclic) bond motifs is 1. The van der Waals surface area contributed by atoms with E-state index in [0.717, 1.165) is 16.6 Å². The van der Waals surface area contributed by atoms with Crippen LogP contribution in [0.4, 0.5) is 0 Å². The molecule has 0 atom stereocenters. The van der Waals surface area contributed by atoms with Crippen LogP contribution in [0.2, 0.25) is 0 Å². The molecule has 3 aromatic heterocycles. The van der Waals surface area contributed by atoms with E-state index in [-0.39, 0.29) is 11.9 Å². The van der Waals surface area contributed by atoms with E-state index in [9.17, 15) is 4.79 Å². The normalized spacial score (nSPS) is 12.2. The zero-order chi connectivity index (χ0) is 18.8. The fourth-order valence-corrected chi connectivity index (χ4v) is 3.60. The van der Waals surface area contributed by atoms with E-state index in [4.69, 9.17) is 0 Å². The van der Waals surface area contributed by atoms with Crippen LogP contribution < -0.4 is 4.80 Å². The molecule has 0 bridgehead atoms. The Morgan fingerprint density at radius 3 is 2.81 bits per heavy atom. The lowest BCUT2D eigenvalue weighted by Gasteiger charge is -2.06. The Labute approximate surface area is 160 Å². The van der Waals surface area contributed by atoms with Crippen LogP contribution in [0.5, 0.6) is 0 Å². The molecule has 7 heteroatoms. The van der Waals surface area contributed by atoms with Gasteiger partial charge in [0.1, 0.15) is 0 Å². The first-order valence-corrected chi connectivity index (χ1v) is 9.60. The number of pyridine rings is 1. The summed E-state index contributed by atoms with van der Waals surface area (Å²) in [4.78, 5) is 22.1. The number of thiazole rings is 1. The van der Waals surface area contributed by atoms with Crippen molar-refractivity contribution >= 4 is 28.3 Å². The minimum Gasteiger partial charge on any atom is -0.319 e. The minimum absolute atomic E-state index is 0.212. The van der Waals surface area contributed by atoms with Crippen molar-refractivity contribution in [3.63, 3.8) is 0 Å². The molecular formula is C20H19N5OS. The summed E-state index contributed by atoms with van der Waals surface area (Å²) in [6.45, 7) is 4.77. The SMILES string of the molecule is CC(C)n1ncc2cc(C(=O)N=c3sccn3Cc3ccccc3)cnc21. The van der Waals surface area contributed by atoms with Crippen molar-refractivity contribution in [1.29, 1.82) is 0 Å². The number of aromatic nitrogens is 4. The predicted octanol–water partition coefficient (Wildman–Crippen LogP) is 3.66. The molecule has 0 saturated heterocycles. The van der Waals surface area contributed by atoms with Gasteiger partial charge in [-0.1, -0.05) is 30.3 Å². The second-order valence-corrected chi connectivity index (χ2v) is 7.41. The summed E-state index contributed by atoms with van der Waals surface area (Å²) < 4.78 is 3.81. The van der Waals surface area contributed by atoms with Crippen LogP contribution >= 0.6 is 11.3 Å². The summed E-state index contributed by atoms with van der Waals surface area (Å²) in [5, 5.41) is 7.12. The smallest absolute Gasteiger partial charge is 0.281 e. The number of benzene rings is 1. The highest BCUT2D eigenvalue weighted by molar-refractivity contribution is 7.07. The topological polar surface area (TPSA) is 65.1 Å². The molecule has 4 rings (SSSR count). The Morgan fingerprint density at radius 1 is 1.22 bits per heavy atom. The maximum Gasteiger partial charge on any atom is 0.281 e. The average Bonchev–Trinajstić information content (AvgIpc) is 3.29. The number of carbonyl (C=O) groups is 1. The van der Waals surface area contributed by atoms with Crippen molar-refractivity contribution in [3.05, 3.63) is 76.3 Å². The zero-order valence-electron chi connectivity index (χ0n) is 15.1. The average molecular weight is 377 g/mol. The molecule has 0 aliphatic rings. The molecular weight excluding hydrogens is 358 g/mol. The third-order valence-corrected chi connectivity index (χ3v) is 5.02. The number of amides is 1. The second kappa shape index (κ2) is 7.28. The maximum atomic E-state index is 12.7. The van der Waals surface area contributed by atoms with Crippen molar-refractivity contribution < 1.29 is 4.79 Å². The van der Waals surface area contributed by atoms with Crippen molar-refractivity contribution in [3.8, 4) is 0 Å². The van der Waals surface area contributed by atoms with Gasteiger partial charge in [0, 0.05) is 35.7 Å². The van der Waals surface area contributed by atoms with Crippen LogP contribution in [0.15, 0.2) is 65.4 Å². The molecule has 136 valence electrons. The lowest BCUT2D eigenvalue weighted by Crippen LogP contribution is -2.17. The summed E-state index contributed by atoms with van der Waals surface area (Å²) in [5.74, 6) is -0.300. The van der Waals surface area contributed by atoms with Crippen LogP contribution in [-0.4, -0.2) is 25.2 Å². The Kier molecular flexibility index (Phi) is 4.68. The number of hydrogen-bond donors (Lipinski definition) is 0. The summed E-state index contributed by atoms with van der Waals surface area (Å²) in [6, 6.07) is 12.1. The van der Waals surface area contributed by atoms with Gasteiger partial charge in [-0.05, 0) is 25.5 Å². The van der Waals surface area contributed by atoms with Crippen LogP contribution in [0.1, 0.15) is 35.8 Å². The number of rotatable bonds is 4. The highest BCUT2D eigenvalue weighted by atomic mass is 32.1. The molecule has 0 aliphatic carbocycles. The molecule has 0 N–H and O–H groups in total. The van der Waals surface area contributed by atoms with E-state index < -0.39 is 0 Å². The lowest BCUT2D eigenvalue weighted by atomic mass is 10.2. The fraction of sp³-hybridized carbons (Fsp3) is 0.200. The Balaban J connectivity index is 1.64. The van der Waals surface area contributed by atoms with Gasteiger partial charge in [-0.3, -0.25) is 4.79 Å². The minimum atomic E-state index is -0.300. The molecule has 4 aromatic rings. The van der Waals surface area contributed by atoms with E-state index in [1.807, 2.05) is 52.9 Å². The van der Waals surface area contributed by atoms with E-state index >= 15 is 0 Å². The van der Waals surface area contributed by atoms with Gasteiger partial charge in [0.2, 0.25) is 0 Å². The standard InChI is InChI=1S/C20H19N5OS/c1-14(2)25-18-16(12-22-25)10-17(11-21-18)19(26)23-20-24(8-9-27-20)13-15-6-4-3-5-7-15/h3-12,14H,13H2,1-2H3. The Morgan fingerprint density at radius 2 is 2.04 bits per heavy atom. The molecule has 0 aliphatic heterocycles. The number of nitrogens with zero attached hydrogens (tertiary/aromatic N) is 5. The molecule has 0 radical (unpaired) electrons. The third-order valence-electron chi connectivity index (χ3n) is 4.22. The van der Waals surface area contributed by atoms with Gasteiger partial charge in [0.15, 0.2) is 10.4 Å². The van der Waals surface area contributed by atoms with Crippen LogP contribution in [0, 0.1) is 0 Å². The van der Waals surface area contributed by atoms with Crippen LogP contribution in [0.3, 0.4) is 0 Å². The monoisotopic (exact) mass is 377 g/mol. The first-order chi connectivity index (χ1) is 13.1. The van der Waals surface area contributed by atoms with E-state index in [1.54, 1.807) is 18.5 Å². The quantitative estimate of drug-likeness (QED) is 0.545. The summed E-state index contributed by atoms with van der Waals surface area (Å²) >= 11 is 1.44. The molecule has 3 heterocycles. The highest BCUT2D eigenvalue weighted by Gasteiger charge is 2.11. The molecule has 0 fully saturated rings. The molecule has 0 saturated carbocycles. The van der Waals surface area contributed by atoms with E-state index in [2.05, 4.69) is 27.2 Å². The number of carbonyl (C=O) groups excluding carboxylic acids is 1. The Bertz CT molecular complexity index is 1150. The summed E-state index contributed by atoms with van der Waals surface area (Å²) in [7, 11) is 0. The van der Waals surface area contributed by atoms with Crippen molar-refractivity contribution in [2.75, 3.05) is 0 Å². The molecule has 1 amide bonds.